The normalized spacial score (nSPS) is 14.2. The fourth-order valence-corrected chi connectivity index (χ4v) is 6.01. The fraction of sp³-hybridized carbons (Fsp3) is 0.154. The average Bonchev–Trinajstić information content (AvgIpc) is 3.31. The SMILES string of the molecule is O=C(CC(c1ccccc1)c1ccccc1)Nc1c2c(nn1-c1cccc(Cl)c1)CS(=O)(=O)C2. The lowest BCUT2D eigenvalue weighted by molar-refractivity contribution is -0.116. The van der Waals surface area contributed by atoms with Gasteiger partial charge in [-0.2, -0.15) is 5.10 Å². The van der Waals surface area contributed by atoms with Gasteiger partial charge in [0.25, 0.3) is 0 Å². The molecule has 0 fully saturated rings. The van der Waals surface area contributed by atoms with Crippen LogP contribution in [0.25, 0.3) is 5.69 Å². The molecule has 6 nitrogen and oxygen atoms in total. The van der Waals surface area contributed by atoms with Crippen LogP contribution in [0.3, 0.4) is 0 Å². The van der Waals surface area contributed by atoms with E-state index in [9.17, 15) is 13.2 Å². The molecular weight excluding hydrogens is 470 g/mol. The molecule has 3 aromatic carbocycles. The number of rotatable bonds is 6. The maximum atomic E-state index is 13.4. The second kappa shape index (κ2) is 9.08. The summed E-state index contributed by atoms with van der Waals surface area (Å²) in [6.45, 7) is 0. The molecule has 0 atom stereocenters. The molecule has 8 heteroatoms. The van der Waals surface area contributed by atoms with Crippen molar-refractivity contribution in [3.05, 3.63) is 112 Å². The van der Waals surface area contributed by atoms with Crippen LogP contribution in [0.2, 0.25) is 5.02 Å². The third kappa shape index (κ3) is 4.62. The quantitative estimate of drug-likeness (QED) is 0.406. The lowest BCUT2D eigenvalue weighted by Gasteiger charge is -2.18. The van der Waals surface area contributed by atoms with Crippen molar-refractivity contribution in [3.63, 3.8) is 0 Å². The Hall–Kier alpha value is -3.42. The van der Waals surface area contributed by atoms with E-state index in [1.165, 1.54) is 0 Å². The molecule has 1 aliphatic heterocycles. The number of hydrogen-bond donors (Lipinski definition) is 1. The summed E-state index contributed by atoms with van der Waals surface area (Å²) < 4.78 is 26.1. The van der Waals surface area contributed by atoms with E-state index in [2.05, 4.69) is 10.4 Å². The first-order chi connectivity index (χ1) is 16.4. The molecule has 1 aliphatic rings. The van der Waals surface area contributed by atoms with Crippen LogP contribution >= 0.6 is 11.6 Å². The summed E-state index contributed by atoms with van der Waals surface area (Å²) in [6, 6.07) is 26.8. The summed E-state index contributed by atoms with van der Waals surface area (Å²) >= 11 is 6.17. The molecule has 0 bridgehead atoms. The average molecular weight is 492 g/mol. The van der Waals surface area contributed by atoms with Crippen LogP contribution in [0, 0.1) is 0 Å². The Labute approximate surface area is 203 Å². The smallest absolute Gasteiger partial charge is 0.226 e. The molecule has 172 valence electrons. The molecule has 0 spiro atoms. The van der Waals surface area contributed by atoms with Gasteiger partial charge in [-0.05, 0) is 29.3 Å². The summed E-state index contributed by atoms with van der Waals surface area (Å²) in [4.78, 5) is 13.4. The fourth-order valence-electron chi connectivity index (χ4n) is 4.33. The number of carbonyl (C=O) groups is 1. The van der Waals surface area contributed by atoms with Gasteiger partial charge in [0, 0.05) is 22.9 Å². The third-order valence-corrected chi connectivity index (χ3v) is 7.57. The van der Waals surface area contributed by atoms with E-state index in [1.54, 1.807) is 22.9 Å². The van der Waals surface area contributed by atoms with Crippen molar-refractivity contribution in [3.8, 4) is 5.69 Å². The van der Waals surface area contributed by atoms with Crippen LogP contribution in [0.4, 0.5) is 5.82 Å². The molecule has 0 saturated carbocycles. The maximum absolute atomic E-state index is 13.4. The van der Waals surface area contributed by atoms with E-state index in [1.807, 2.05) is 66.7 Å². The second-order valence-corrected chi connectivity index (χ2v) is 10.8. The third-order valence-electron chi connectivity index (χ3n) is 5.89. The minimum absolute atomic E-state index is 0.143. The Kier molecular flexibility index (Phi) is 5.98. The number of benzene rings is 3. The molecule has 0 aliphatic carbocycles. The predicted octanol–water partition coefficient (Wildman–Crippen LogP) is 5.11. The van der Waals surface area contributed by atoms with Gasteiger partial charge in [-0.1, -0.05) is 78.3 Å². The van der Waals surface area contributed by atoms with E-state index in [0.29, 0.717) is 27.8 Å². The number of nitrogens with zero attached hydrogens (tertiary/aromatic N) is 2. The highest BCUT2D eigenvalue weighted by Gasteiger charge is 2.33. The van der Waals surface area contributed by atoms with Crippen molar-refractivity contribution in [2.75, 3.05) is 5.32 Å². The number of aromatic nitrogens is 2. The van der Waals surface area contributed by atoms with Crippen molar-refractivity contribution in [2.45, 2.75) is 23.8 Å². The predicted molar refractivity (Wildman–Crippen MR) is 133 cm³/mol. The Balaban J connectivity index is 1.49. The van der Waals surface area contributed by atoms with E-state index in [0.717, 1.165) is 11.1 Å². The highest BCUT2D eigenvalue weighted by atomic mass is 35.5. The van der Waals surface area contributed by atoms with E-state index >= 15 is 0 Å². The standard InChI is InChI=1S/C26H22ClN3O3S/c27-20-12-7-13-21(14-20)30-26(23-16-34(32,33)17-24(23)29-30)28-25(31)15-22(18-8-3-1-4-9-18)19-10-5-2-6-11-19/h1-14,22H,15-17H2,(H,28,31). The Morgan fingerprint density at radius 2 is 1.59 bits per heavy atom. The lowest BCUT2D eigenvalue weighted by Crippen LogP contribution is -2.19. The number of fused-ring (bicyclic) bond motifs is 1. The maximum Gasteiger partial charge on any atom is 0.226 e. The van der Waals surface area contributed by atoms with Gasteiger partial charge in [0.1, 0.15) is 5.82 Å². The molecule has 0 unspecified atom stereocenters. The minimum Gasteiger partial charge on any atom is -0.310 e. The van der Waals surface area contributed by atoms with Crippen molar-refractivity contribution >= 4 is 33.2 Å². The zero-order valence-electron chi connectivity index (χ0n) is 18.2. The molecule has 1 amide bonds. The van der Waals surface area contributed by atoms with Crippen LogP contribution < -0.4 is 5.32 Å². The number of anilines is 1. The van der Waals surface area contributed by atoms with Crippen LogP contribution in [0.1, 0.15) is 34.7 Å². The van der Waals surface area contributed by atoms with Gasteiger partial charge in [-0.3, -0.25) is 4.79 Å². The molecule has 4 aromatic rings. The van der Waals surface area contributed by atoms with E-state index < -0.39 is 9.84 Å². The minimum atomic E-state index is -3.29. The van der Waals surface area contributed by atoms with Crippen LogP contribution in [0.15, 0.2) is 84.9 Å². The van der Waals surface area contributed by atoms with Gasteiger partial charge < -0.3 is 5.32 Å². The summed E-state index contributed by atoms with van der Waals surface area (Å²) in [7, 11) is -3.29. The molecule has 2 heterocycles. The van der Waals surface area contributed by atoms with Crippen molar-refractivity contribution in [1.29, 1.82) is 0 Å². The monoisotopic (exact) mass is 491 g/mol. The van der Waals surface area contributed by atoms with Gasteiger partial charge in [-0.15, -0.1) is 0 Å². The molecule has 1 aromatic heterocycles. The number of sulfone groups is 1. The summed E-state index contributed by atoms with van der Waals surface area (Å²) in [5.74, 6) is -0.299. The van der Waals surface area contributed by atoms with Crippen LogP contribution in [-0.4, -0.2) is 24.1 Å². The van der Waals surface area contributed by atoms with E-state index in [4.69, 9.17) is 11.6 Å². The summed E-state index contributed by atoms with van der Waals surface area (Å²) in [5.41, 5.74) is 3.69. The first kappa shape index (κ1) is 22.4. The largest absolute Gasteiger partial charge is 0.310 e. The van der Waals surface area contributed by atoms with Crippen LogP contribution in [0.5, 0.6) is 0 Å². The first-order valence-electron chi connectivity index (χ1n) is 10.9. The number of hydrogen-bond acceptors (Lipinski definition) is 4. The number of carbonyl (C=O) groups excluding carboxylic acids is 1. The molecular formula is C26H22ClN3O3S. The van der Waals surface area contributed by atoms with Gasteiger partial charge in [-0.25, -0.2) is 13.1 Å². The van der Waals surface area contributed by atoms with Crippen molar-refractivity contribution < 1.29 is 13.2 Å². The summed E-state index contributed by atoms with van der Waals surface area (Å²) in [5, 5.41) is 8.00. The van der Waals surface area contributed by atoms with Gasteiger partial charge in [0.05, 0.1) is 22.9 Å². The lowest BCUT2D eigenvalue weighted by atomic mass is 9.88. The van der Waals surface area contributed by atoms with Gasteiger partial charge in [0.2, 0.25) is 5.91 Å². The Morgan fingerprint density at radius 3 is 2.21 bits per heavy atom. The molecule has 5 rings (SSSR count). The topological polar surface area (TPSA) is 81.1 Å². The number of halogens is 1. The highest BCUT2D eigenvalue weighted by Crippen LogP contribution is 2.34. The van der Waals surface area contributed by atoms with Gasteiger partial charge in [0.15, 0.2) is 9.84 Å². The van der Waals surface area contributed by atoms with E-state index in [-0.39, 0.29) is 29.8 Å². The zero-order valence-corrected chi connectivity index (χ0v) is 19.8. The molecule has 0 radical (unpaired) electrons. The van der Waals surface area contributed by atoms with Gasteiger partial charge >= 0.3 is 0 Å². The molecule has 1 N–H and O–H groups in total. The summed E-state index contributed by atoms with van der Waals surface area (Å²) in [6.07, 6.45) is 0.191. The number of amides is 1. The zero-order chi connectivity index (χ0) is 23.7. The second-order valence-electron chi connectivity index (χ2n) is 8.32. The van der Waals surface area contributed by atoms with Crippen LogP contribution in [-0.2, 0) is 26.1 Å². The Bertz CT molecular complexity index is 1410. The highest BCUT2D eigenvalue weighted by molar-refractivity contribution is 7.90. The van der Waals surface area contributed by atoms with Crippen molar-refractivity contribution in [1.82, 2.24) is 9.78 Å². The Morgan fingerprint density at radius 1 is 0.941 bits per heavy atom. The molecule has 34 heavy (non-hydrogen) atoms. The first-order valence-corrected chi connectivity index (χ1v) is 13.1. The van der Waals surface area contributed by atoms with Crippen molar-refractivity contribution in [2.24, 2.45) is 0 Å². The number of nitrogens with one attached hydrogen (secondary N) is 1. The molecule has 0 saturated heterocycles.